The van der Waals surface area contributed by atoms with Gasteiger partial charge in [0.15, 0.2) is 0 Å². The molecule has 4 heterocycles. The Hall–Kier alpha value is -3.20. The maximum Gasteiger partial charge on any atom is 0.251 e. The van der Waals surface area contributed by atoms with Crippen LogP contribution in [0.4, 0.5) is 21.6 Å². The van der Waals surface area contributed by atoms with Crippen molar-refractivity contribution in [3.8, 4) is 22.5 Å². The first-order valence-corrected chi connectivity index (χ1v) is 12.7. The highest BCUT2D eigenvalue weighted by molar-refractivity contribution is 6.36. The van der Waals surface area contributed by atoms with Gasteiger partial charge < -0.3 is 20.1 Å². The number of halogens is 3. The zero-order valence-electron chi connectivity index (χ0n) is 19.4. The zero-order valence-corrected chi connectivity index (χ0v) is 21.0. The lowest BCUT2D eigenvalue weighted by Crippen LogP contribution is -2.43. The highest BCUT2D eigenvalue weighted by Gasteiger charge is 2.22. The van der Waals surface area contributed by atoms with E-state index in [0.717, 1.165) is 74.0 Å². The molecule has 0 spiro atoms. The van der Waals surface area contributed by atoms with Crippen molar-refractivity contribution in [2.75, 3.05) is 42.9 Å². The van der Waals surface area contributed by atoms with Crippen molar-refractivity contribution in [2.24, 2.45) is 4.99 Å². The summed E-state index contributed by atoms with van der Waals surface area (Å²) in [5, 5.41) is 7.95. The molecule has 0 bridgehead atoms. The quantitative estimate of drug-likeness (QED) is 0.397. The van der Waals surface area contributed by atoms with E-state index in [0.29, 0.717) is 21.4 Å². The number of hydrogen-bond donors (Lipinski definition) is 2. The van der Waals surface area contributed by atoms with Crippen molar-refractivity contribution in [3.05, 3.63) is 70.1 Å². The van der Waals surface area contributed by atoms with Crippen molar-refractivity contribution in [1.29, 1.82) is 0 Å². The lowest BCUT2D eigenvalue weighted by atomic mass is 10.0. The molecule has 184 valence electrons. The van der Waals surface area contributed by atoms with Gasteiger partial charge in [0.1, 0.15) is 17.5 Å². The minimum atomic E-state index is -0.292. The number of rotatable bonds is 3. The molecule has 1 saturated heterocycles. The van der Waals surface area contributed by atoms with Gasteiger partial charge in [-0.05, 0) is 36.8 Å². The molecule has 10 heteroatoms. The Bertz CT molecular complexity index is 1480. The number of aromatic nitrogens is 3. The highest BCUT2D eigenvalue weighted by Crippen LogP contribution is 2.39. The average molecular weight is 524 g/mol. The molecule has 1 fully saturated rings. The standard InChI is InChI=1S/C26H24Cl2FN7/c27-17-2-4-19(21(28)13-17)20-12-16-15-32-26(34-24(16)36-9-1-6-31-25(20)36)33-18-3-5-23(22(29)14-18)35-10-7-30-8-11-35/h2-5,12-15,30-31H,1,6-11H2. The van der Waals surface area contributed by atoms with E-state index in [9.17, 15) is 4.39 Å². The third-order valence-electron chi connectivity index (χ3n) is 6.55. The molecule has 0 aliphatic carbocycles. The van der Waals surface area contributed by atoms with Crippen molar-refractivity contribution in [3.63, 3.8) is 0 Å². The lowest BCUT2D eigenvalue weighted by Gasteiger charge is -2.29. The van der Waals surface area contributed by atoms with Crippen LogP contribution < -0.4 is 21.2 Å². The molecule has 0 atom stereocenters. The summed E-state index contributed by atoms with van der Waals surface area (Å²) in [6.07, 6.45) is 2.71. The van der Waals surface area contributed by atoms with Crippen LogP contribution in [0.5, 0.6) is 0 Å². The predicted octanol–water partition coefficient (Wildman–Crippen LogP) is 4.95. The fourth-order valence-corrected chi connectivity index (χ4v) is 5.34. The molecular weight excluding hydrogens is 500 g/mol. The van der Waals surface area contributed by atoms with Crippen LogP contribution in [-0.4, -0.2) is 47.3 Å². The van der Waals surface area contributed by atoms with E-state index in [2.05, 4.69) is 25.2 Å². The lowest BCUT2D eigenvalue weighted by molar-refractivity contribution is 0.566. The summed E-state index contributed by atoms with van der Waals surface area (Å²) in [6, 6.07) is 12.6. The topological polar surface area (TPSA) is 70.4 Å². The van der Waals surface area contributed by atoms with Gasteiger partial charge in [0, 0.05) is 73.2 Å². The van der Waals surface area contributed by atoms with Gasteiger partial charge in [0.25, 0.3) is 5.62 Å². The minimum absolute atomic E-state index is 0.286. The normalized spacial score (nSPS) is 16.2. The van der Waals surface area contributed by atoms with Gasteiger partial charge in [0.2, 0.25) is 0 Å². The van der Waals surface area contributed by atoms with Gasteiger partial charge in [-0.3, -0.25) is 0 Å². The summed E-state index contributed by atoms with van der Waals surface area (Å²) in [5.41, 5.74) is 4.07. The molecule has 2 aromatic carbocycles. The van der Waals surface area contributed by atoms with Gasteiger partial charge in [-0.1, -0.05) is 29.3 Å². The van der Waals surface area contributed by atoms with Crippen molar-refractivity contribution in [2.45, 2.75) is 13.0 Å². The Labute approximate surface area is 218 Å². The molecule has 2 aromatic rings. The predicted molar refractivity (Wildman–Crippen MR) is 142 cm³/mol. The van der Waals surface area contributed by atoms with E-state index in [1.807, 2.05) is 29.2 Å². The second-order valence-corrected chi connectivity index (χ2v) is 9.74. The summed E-state index contributed by atoms with van der Waals surface area (Å²) in [5.74, 6) is 1.41. The molecule has 0 saturated carbocycles. The molecule has 4 aliphatic rings. The summed E-state index contributed by atoms with van der Waals surface area (Å²) < 4.78 is 17.0. The van der Waals surface area contributed by atoms with Crippen molar-refractivity contribution < 1.29 is 4.39 Å². The van der Waals surface area contributed by atoms with Crippen LogP contribution in [0.3, 0.4) is 0 Å². The van der Waals surface area contributed by atoms with Gasteiger partial charge in [-0.2, -0.15) is 4.98 Å². The van der Waals surface area contributed by atoms with Crippen molar-refractivity contribution in [1.82, 2.24) is 19.9 Å². The van der Waals surface area contributed by atoms with E-state index in [-0.39, 0.29) is 11.4 Å². The van der Waals surface area contributed by atoms with Crippen LogP contribution in [0, 0.1) is 5.82 Å². The second kappa shape index (κ2) is 9.69. The number of anilines is 2. The fraction of sp³-hybridized carbons (Fsp3) is 0.269. The number of fused-ring (bicyclic) bond motifs is 3. The molecule has 0 amide bonds. The Kier molecular flexibility index (Phi) is 6.25. The van der Waals surface area contributed by atoms with E-state index >= 15 is 0 Å². The maximum absolute atomic E-state index is 14.9. The van der Waals surface area contributed by atoms with E-state index in [1.54, 1.807) is 18.3 Å². The van der Waals surface area contributed by atoms with Crippen molar-refractivity contribution >= 4 is 40.4 Å². The van der Waals surface area contributed by atoms with Crippen LogP contribution >= 0.6 is 23.2 Å². The third-order valence-corrected chi connectivity index (χ3v) is 7.10. The second-order valence-electron chi connectivity index (χ2n) is 8.90. The van der Waals surface area contributed by atoms with Crippen LogP contribution in [0.1, 0.15) is 6.42 Å². The van der Waals surface area contributed by atoms with E-state index in [4.69, 9.17) is 28.2 Å². The molecular formula is C26H24Cl2FN7. The number of pyridine rings is 1. The summed E-state index contributed by atoms with van der Waals surface area (Å²) >= 11 is 12.7. The number of hydrogen-bond acceptors (Lipinski definition) is 6. The first-order valence-electron chi connectivity index (χ1n) is 12.0. The highest BCUT2D eigenvalue weighted by atomic mass is 35.5. The minimum Gasteiger partial charge on any atom is -0.371 e. The Morgan fingerprint density at radius 2 is 1.81 bits per heavy atom. The summed E-state index contributed by atoms with van der Waals surface area (Å²) in [4.78, 5) is 15.8. The smallest absolute Gasteiger partial charge is 0.251 e. The first kappa shape index (κ1) is 23.2. The maximum atomic E-state index is 14.9. The number of nitrogens with zero attached hydrogens (tertiary/aromatic N) is 5. The van der Waals surface area contributed by atoms with Crippen LogP contribution in [0.15, 0.2) is 53.7 Å². The zero-order chi connectivity index (χ0) is 24.6. The Morgan fingerprint density at radius 1 is 0.944 bits per heavy atom. The number of piperazine rings is 1. The van der Waals surface area contributed by atoms with Gasteiger partial charge in [-0.25, -0.2) is 14.4 Å². The van der Waals surface area contributed by atoms with E-state index in [1.165, 1.54) is 6.07 Å². The monoisotopic (exact) mass is 523 g/mol. The van der Waals surface area contributed by atoms with Gasteiger partial charge in [0.05, 0.1) is 16.4 Å². The molecule has 7 nitrogen and oxygen atoms in total. The van der Waals surface area contributed by atoms with Gasteiger partial charge >= 0.3 is 0 Å². The summed E-state index contributed by atoms with van der Waals surface area (Å²) in [7, 11) is 0. The molecule has 0 radical (unpaired) electrons. The first-order chi connectivity index (χ1) is 17.6. The SMILES string of the molecule is Fc1cc(N=c2ncc3cc(-c4ccc(Cl)cc4Cl)c4n(c-3n2)CCCN4)ccc1N1CCNCC1. The largest absolute Gasteiger partial charge is 0.371 e. The molecule has 6 rings (SSSR count). The van der Waals surface area contributed by atoms with Crippen LogP contribution in [0.2, 0.25) is 10.0 Å². The molecule has 4 aliphatic heterocycles. The van der Waals surface area contributed by atoms with Gasteiger partial charge in [-0.15, -0.1) is 0 Å². The Morgan fingerprint density at radius 3 is 2.61 bits per heavy atom. The third kappa shape index (κ3) is 4.40. The number of nitrogens with one attached hydrogen (secondary N) is 2. The molecule has 36 heavy (non-hydrogen) atoms. The summed E-state index contributed by atoms with van der Waals surface area (Å²) in [6.45, 7) is 4.90. The Balaban J connectivity index is 1.42. The molecule has 0 aromatic heterocycles. The van der Waals surface area contributed by atoms with E-state index < -0.39 is 0 Å². The molecule has 0 unspecified atom stereocenters. The van der Waals surface area contributed by atoms with Crippen LogP contribution in [-0.2, 0) is 6.54 Å². The fourth-order valence-electron chi connectivity index (χ4n) is 4.83. The average Bonchev–Trinajstić information content (AvgIpc) is 2.89. The number of benzene rings is 2. The van der Waals surface area contributed by atoms with Crippen LogP contribution in [0.25, 0.3) is 22.5 Å². The molecule has 2 N–H and O–H groups in total.